The molecule has 1 heterocycles. The second kappa shape index (κ2) is 8.66. The molecule has 1 N–H and O–H groups in total. The average molecular weight is 439 g/mol. The molecule has 6 nitrogen and oxygen atoms in total. The normalized spacial score (nSPS) is 13.5. The Morgan fingerprint density at radius 1 is 0.969 bits per heavy atom. The highest BCUT2D eigenvalue weighted by atomic mass is 19.3. The number of carbonyl (C=O) groups is 2. The lowest BCUT2D eigenvalue weighted by Gasteiger charge is -2.12. The van der Waals surface area contributed by atoms with Crippen molar-refractivity contribution in [1.29, 1.82) is 0 Å². The monoisotopic (exact) mass is 439 g/mol. The minimum atomic E-state index is -3.73. The summed E-state index contributed by atoms with van der Waals surface area (Å²) >= 11 is 0. The molecule has 3 aromatic carbocycles. The molecular weight excluding hydrogens is 420 g/mol. The molecule has 0 bridgehead atoms. The van der Waals surface area contributed by atoms with Crippen LogP contribution in [0.4, 0.5) is 14.5 Å². The summed E-state index contributed by atoms with van der Waals surface area (Å²) in [6, 6.07) is 18.6. The predicted octanol–water partition coefficient (Wildman–Crippen LogP) is 5.03. The van der Waals surface area contributed by atoms with Crippen LogP contribution in [0.15, 0.2) is 66.7 Å². The Bertz CT molecular complexity index is 1180. The number of rotatable bonds is 6. The molecule has 32 heavy (non-hydrogen) atoms. The quantitative estimate of drug-likeness (QED) is 0.545. The predicted molar refractivity (Wildman–Crippen MR) is 113 cm³/mol. The standard InChI is InChI=1S/C24H19F2NO5/c1-30-22(28)12-9-15-5-4-6-16(13-15)18-7-2-3-8-19(18)23(29)27-17-10-11-20-21(14-17)32-24(25,26)31-20/h2-8,10-11,13-14H,9,12H2,1H3,(H,27,29). The van der Waals surface area contributed by atoms with Gasteiger partial charge in [-0.3, -0.25) is 9.59 Å². The summed E-state index contributed by atoms with van der Waals surface area (Å²) in [6.45, 7) is 0. The summed E-state index contributed by atoms with van der Waals surface area (Å²) in [6.07, 6.45) is -2.96. The Labute approximate surface area is 182 Å². The van der Waals surface area contributed by atoms with Crippen LogP contribution in [0.1, 0.15) is 22.3 Å². The van der Waals surface area contributed by atoms with Gasteiger partial charge in [0.2, 0.25) is 0 Å². The number of fused-ring (bicyclic) bond motifs is 1. The number of carbonyl (C=O) groups excluding carboxylic acids is 2. The van der Waals surface area contributed by atoms with E-state index in [9.17, 15) is 18.4 Å². The molecule has 0 saturated carbocycles. The third kappa shape index (κ3) is 4.69. The number of methoxy groups -OCH3 is 1. The van der Waals surface area contributed by atoms with Gasteiger partial charge in [0.15, 0.2) is 11.5 Å². The summed E-state index contributed by atoms with van der Waals surface area (Å²) in [7, 11) is 1.35. The van der Waals surface area contributed by atoms with Crippen LogP contribution in [0.5, 0.6) is 11.5 Å². The molecule has 0 saturated heterocycles. The van der Waals surface area contributed by atoms with Crippen molar-refractivity contribution < 1.29 is 32.6 Å². The SMILES string of the molecule is COC(=O)CCc1cccc(-c2ccccc2C(=O)Nc2ccc3c(c2)OC(F)(F)O3)c1. The first-order valence-corrected chi connectivity index (χ1v) is 9.81. The van der Waals surface area contributed by atoms with Crippen LogP contribution in [0, 0.1) is 0 Å². The zero-order chi connectivity index (χ0) is 22.7. The van der Waals surface area contributed by atoms with Gasteiger partial charge in [-0.2, -0.15) is 0 Å². The number of aryl methyl sites for hydroxylation is 1. The maximum atomic E-state index is 13.2. The van der Waals surface area contributed by atoms with Crippen LogP contribution >= 0.6 is 0 Å². The molecule has 4 rings (SSSR count). The molecule has 0 aliphatic carbocycles. The van der Waals surface area contributed by atoms with Crippen LogP contribution in [0.3, 0.4) is 0 Å². The molecule has 0 radical (unpaired) electrons. The molecule has 1 aliphatic heterocycles. The molecule has 0 unspecified atom stereocenters. The smallest absolute Gasteiger partial charge is 0.469 e. The van der Waals surface area contributed by atoms with E-state index >= 15 is 0 Å². The van der Waals surface area contributed by atoms with Crippen LogP contribution in [-0.2, 0) is 16.0 Å². The van der Waals surface area contributed by atoms with Crippen molar-refractivity contribution in [2.45, 2.75) is 19.1 Å². The van der Waals surface area contributed by atoms with E-state index in [2.05, 4.69) is 19.5 Å². The largest absolute Gasteiger partial charge is 0.586 e. The van der Waals surface area contributed by atoms with Crippen molar-refractivity contribution in [3.05, 3.63) is 77.9 Å². The first-order chi connectivity index (χ1) is 15.3. The number of hydrogen-bond acceptors (Lipinski definition) is 5. The second-order valence-electron chi connectivity index (χ2n) is 7.11. The van der Waals surface area contributed by atoms with Crippen molar-refractivity contribution in [2.24, 2.45) is 0 Å². The van der Waals surface area contributed by atoms with Crippen molar-refractivity contribution in [2.75, 3.05) is 12.4 Å². The summed E-state index contributed by atoms with van der Waals surface area (Å²) < 4.78 is 40.0. The van der Waals surface area contributed by atoms with E-state index in [1.54, 1.807) is 12.1 Å². The highest BCUT2D eigenvalue weighted by Crippen LogP contribution is 2.42. The first kappa shape index (κ1) is 21.3. The fraction of sp³-hybridized carbons (Fsp3) is 0.167. The highest BCUT2D eigenvalue weighted by molar-refractivity contribution is 6.08. The number of esters is 1. The van der Waals surface area contributed by atoms with E-state index < -0.39 is 12.2 Å². The number of hydrogen-bond donors (Lipinski definition) is 1. The van der Waals surface area contributed by atoms with E-state index in [4.69, 9.17) is 0 Å². The van der Waals surface area contributed by atoms with Crippen LogP contribution in [-0.4, -0.2) is 25.3 Å². The van der Waals surface area contributed by atoms with Crippen molar-refractivity contribution in [3.63, 3.8) is 0 Å². The number of alkyl halides is 2. The fourth-order valence-electron chi connectivity index (χ4n) is 3.40. The average Bonchev–Trinajstić information content (AvgIpc) is 3.10. The number of nitrogens with one attached hydrogen (secondary N) is 1. The molecule has 1 aliphatic rings. The molecule has 1 amide bonds. The molecule has 0 aromatic heterocycles. The number of benzene rings is 3. The van der Waals surface area contributed by atoms with Crippen LogP contribution in [0.25, 0.3) is 11.1 Å². The lowest BCUT2D eigenvalue weighted by molar-refractivity contribution is -0.286. The van der Waals surface area contributed by atoms with E-state index in [0.717, 1.165) is 11.1 Å². The summed E-state index contributed by atoms with van der Waals surface area (Å²) in [4.78, 5) is 24.4. The number of anilines is 1. The zero-order valence-electron chi connectivity index (χ0n) is 17.1. The van der Waals surface area contributed by atoms with Gasteiger partial charge < -0.3 is 19.5 Å². The lowest BCUT2D eigenvalue weighted by Crippen LogP contribution is -2.25. The lowest BCUT2D eigenvalue weighted by atomic mass is 9.96. The van der Waals surface area contributed by atoms with Crippen LogP contribution in [0.2, 0.25) is 0 Å². The Hall–Kier alpha value is -3.94. The van der Waals surface area contributed by atoms with E-state index in [1.165, 1.54) is 25.3 Å². The number of amides is 1. The maximum Gasteiger partial charge on any atom is 0.586 e. The van der Waals surface area contributed by atoms with E-state index in [0.29, 0.717) is 17.5 Å². The van der Waals surface area contributed by atoms with Gasteiger partial charge in [0.1, 0.15) is 0 Å². The molecule has 3 aromatic rings. The molecule has 0 atom stereocenters. The Balaban J connectivity index is 1.55. The van der Waals surface area contributed by atoms with Gasteiger partial charge in [-0.15, -0.1) is 8.78 Å². The summed E-state index contributed by atoms with van der Waals surface area (Å²) in [5, 5.41) is 2.71. The van der Waals surface area contributed by atoms with Gasteiger partial charge in [-0.05, 0) is 41.3 Å². The number of ether oxygens (including phenoxy) is 3. The molecule has 164 valence electrons. The van der Waals surface area contributed by atoms with Crippen molar-refractivity contribution in [1.82, 2.24) is 0 Å². The number of halogens is 2. The molecule has 0 spiro atoms. The van der Waals surface area contributed by atoms with Gasteiger partial charge in [0.05, 0.1) is 7.11 Å². The molecule has 8 heteroatoms. The maximum absolute atomic E-state index is 13.2. The highest BCUT2D eigenvalue weighted by Gasteiger charge is 2.43. The van der Waals surface area contributed by atoms with E-state index in [-0.39, 0.29) is 29.6 Å². The zero-order valence-corrected chi connectivity index (χ0v) is 17.1. The van der Waals surface area contributed by atoms with E-state index in [1.807, 2.05) is 36.4 Å². The fourth-order valence-corrected chi connectivity index (χ4v) is 3.40. The Morgan fingerprint density at radius 2 is 1.75 bits per heavy atom. The van der Waals surface area contributed by atoms with Gasteiger partial charge in [0, 0.05) is 23.7 Å². The molecular formula is C24H19F2NO5. The topological polar surface area (TPSA) is 73.9 Å². The van der Waals surface area contributed by atoms with Crippen LogP contribution < -0.4 is 14.8 Å². The van der Waals surface area contributed by atoms with Gasteiger partial charge in [-0.1, -0.05) is 42.5 Å². The third-order valence-corrected chi connectivity index (χ3v) is 4.91. The minimum absolute atomic E-state index is 0.0998. The Morgan fingerprint density at radius 3 is 2.56 bits per heavy atom. The Kier molecular flexibility index (Phi) is 5.77. The third-order valence-electron chi connectivity index (χ3n) is 4.91. The van der Waals surface area contributed by atoms with Gasteiger partial charge in [-0.25, -0.2) is 0 Å². The summed E-state index contributed by atoms with van der Waals surface area (Å²) in [5.74, 6) is -0.959. The van der Waals surface area contributed by atoms with Gasteiger partial charge in [0.25, 0.3) is 5.91 Å². The summed E-state index contributed by atoms with van der Waals surface area (Å²) in [5.41, 5.74) is 3.12. The van der Waals surface area contributed by atoms with Crippen molar-refractivity contribution >= 4 is 17.6 Å². The molecule has 0 fully saturated rings. The van der Waals surface area contributed by atoms with Crippen molar-refractivity contribution in [3.8, 4) is 22.6 Å². The minimum Gasteiger partial charge on any atom is -0.469 e. The second-order valence-corrected chi connectivity index (χ2v) is 7.11. The first-order valence-electron chi connectivity index (χ1n) is 9.81. The van der Waals surface area contributed by atoms with Gasteiger partial charge >= 0.3 is 12.3 Å².